The second-order valence-corrected chi connectivity index (χ2v) is 3.39. The SMILES string of the molecule is O=C(NCC1CCCC1)OCCO. The Morgan fingerprint density at radius 1 is 1.46 bits per heavy atom. The van der Waals surface area contributed by atoms with Gasteiger partial charge in [-0.25, -0.2) is 4.79 Å². The molecule has 0 atom stereocenters. The molecule has 0 radical (unpaired) electrons. The van der Waals surface area contributed by atoms with Crippen LogP contribution in [0.5, 0.6) is 0 Å². The molecule has 2 N–H and O–H groups in total. The van der Waals surface area contributed by atoms with E-state index in [0.29, 0.717) is 12.5 Å². The molecule has 4 heteroatoms. The van der Waals surface area contributed by atoms with Crippen molar-refractivity contribution >= 4 is 6.09 Å². The Morgan fingerprint density at radius 2 is 2.15 bits per heavy atom. The number of carbonyl (C=O) groups is 1. The summed E-state index contributed by atoms with van der Waals surface area (Å²) < 4.78 is 4.65. The van der Waals surface area contributed by atoms with Crippen molar-refractivity contribution < 1.29 is 14.6 Å². The number of alkyl carbamates (subject to hydrolysis) is 1. The van der Waals surface area contributed by atoms with Crippen LogP contribution < -0.4 is 5.32 Å². The van der Waals surface area contributed by atoms with Crippen LogP contribution in [0, 0.1) is 5.92 Å². The fraction of sp³-hybridized carbons (Fsp3) is 0.889. The summed E-state index contributed by atoms with van der Waals surface area (Å²) in [7, 11) is 0. The van der Waals surface area contributed by atoms with Crippen LogP contribution in [0.3, 0.4) is 0 Å². The first-order valence-corrected chi connectivity index (χ1v) is 4.84. The van der Waals surface area contributed by atoms with Gasteiger partial charge in [-0.15, -0.1) is 0 Å². The molecule has 1 rings (SSSR count). The van der Waals surface area contributed by atoms with Gasteiger partial charge < -0.3 is 15.2 Å². The van der Waals surface area contributed by atoms with Crippen LogP contribution in [0.1, 0.15) is 25.7 Å². The maximum absolute atomic E-state index is 10.9. The highest BCUT2D eigenvalue weighted by Gasteiger charge is 2.15. The van der Waals surface area contributed by atoms with Gasteiger partial charge in [0, 0.05) is 6.54 Å². The molecule has 0 spiro atoms. The van der Waals surface area contributed by atoms with E-state index in [2.05, 4.69) is 10.1 Å². The van der Waals surface area contributed by atoms with Gasteiger partial charge in [-0.2, -0.15) is 0 Å². The van der Waals surface area contributed by atoms with Crippen molar-refractivity contribution in [1.29, 1.82) is 0 Å². The lowest BCUT2D eigenvalue weighted by Gasteiger charge is -2.10. The van der Waals surface area contributed by atoms with Crippen LogP contribution >= 0.6 is 0 Å². The number of ether oxygens (including phenoxy) is 1. The predicted octanol–water partition coefficient (Wildman–Crippen LogP) is 0.895. The van der Waals surface area contributed by atoms with Gasteiger partial charge in [0.05, 0.1) is 6.61 Å². The lowest BCUT2D eigenvalue weighted by molar-refractivity contribution is 0.118. The Labute approximate surface area is 78.3 Å². The quantitative estimate of drug-likeness (QED) is 0.687. The maximum Gasteiger partial charge on any atom is 0.407 e. The minimum Gasteiger partial charge on any atom is -0.447 e. The number of aliphatic hydroxyl groups is 1. The van der Waals surface area contributed by atoms with Crippen LogP contribution in [-0.4, -0.2) is 31.0 Å². The molecule has 1 fully saturated rings. The molecule has 1 aliphatic carbocycles. The van der Waals surface area contributed by atoms with E-state index in [9.17, 15) is 4.79 Å². The molecule has 76 valence electrons. The normalized spacial score (nSPS) is 17.3. The number of amides is 1. The fourth-order valence-electron chi connectivity index (χ4n) is 1.63. The Bertz CT molecular complexity index is 155. The summed E-state index contributed by atoms with van der Waals surface area (Å²) in [6.07, 6.45) is 4.55. The molecule has 0 aromatic rings. The Kier molecular flexibility index (Phi) is 4.60. The van der Waals surface area contributed by atoms with Crippen LogP contribution in [0.15, 0.2) is 0 Å². The number of aliphatic hydroxyl groups excluding tert-OH is 1. The summed E-state index contributed by atoms with van der Waals surface area (Å²) in [6, 6.07) is 0. The van der Waals surface area contributed by atoms with Gasteiger partial charge in [-0.05, 0) is 18.8 Å². The summed E-state index contributed by atoms with van der Waals surface area (Å²) in [4.78, 5) is 10.9. The standard InChI is InChI=1S/C9H17NO3/c11-5-6-13-9(12)10-7-8-3-1-2-4-8/h8,11H,1-7H2,(H,10,12). The monoisotopic (exact) mass is 187 g/mol. The first kappa shape index (κ1) is 10.3. The van der Waals surface area contributed by atoms with E-state index in [0.717, 1.165) is 0 Å². The van der Waals surface area contributed by atoms with Crippen molar-refractivity contribution in [1.82, 2.24) is 5.32 Å². The van der Waals surface area contributed by atoms with Gasteiger partial charge in [-0.3, -0.25) is 0 Å². The lowest BCUT2D eigenvalue weighted by Crippen LogP contribution is -2.29. The van der Waals surface area contributed by atoms with Crippen molar-refractivity contribution in [2.45, 2.75) is 25.7 Å². The minimum atomic E-state index is -0.416. The minimum absolute atomic E-state index is 0.0799. The molecule has 0 aliphatic heterocycles. The van der Waals surface area contributed by atoms with Gasteiger partial charge in [0.1, 0.15) is 6.61 Å². The Morgan fingerprint density at radius 3 is 2.77 bits per heavy atom. The second-order valence-electron chi connectivity index (χ2n) is 3.39. The Hall–Kier alpha value is -0.770. The van der Waals surface area contributed by atoms with Crippen molar-refractivity contribution in [2.75, 3.05) is 19.8 Å². The van der Waals surface area contributed by atoms with Gasteiger partial charge in [0.25, 0.3) is 0 Å². The predicted molar refractivity (Wildman–Crippen MR) is 48.4 cm³/mol. The molecule has 1 aliphatic rings. The van der Waals surface area contributed by atoms with Crippen LogP contribution in [0.2, 0.25) is 0 Å². The molecule has 0 heterocycles. The smallest absolute Gasteiger partial charge is 0.407 e. The third-order valence-electron chi connectivity index (χ3n) is 2.33. The van der Waals surface area contributed by atoms with Crippen LogP contribution in [0.4, 0.5) is 4.79 Å². The highest BCUT2D eigenvalue weighted by atomic mass is 16.6. The van der Waals surface area contributed by atoms with Gasteiger partial charge in [-0.1, -0.05) is 12.8 Å². The summed E-state index contributed by atoms with van der Waals surface area (Å²) in [5, 5.41) is 11.1. The van der Waals surface area contributed by atoms with E-state index >= 15 is 0 Å². The molecule has 0 aromatic heterocycles. The Balaban J connectivity index is 2.00. The maximum atomic E-state index is 10.9. The lowest BCUT2D eigenvalue weighted by atomic mass is 10.1. The number of rotatable bonds is 4. The number of carbonyl (C=O) groups excluding carboxylic acids is 1. The molecule has 0 unspecified atom stereocenters. The van der Waals surface area contributed by atoms with E-state index in [-0.39, 0.29) is 13.2 Å². The summed E-state index contributed by atoms with van der Waals surface area (Å²) in [6.45, 7) is 0.678. The average Bonchev–Trinajstić information content (AvgIpc) is 2.64. The summed E-state index contributed by atoms with van der Waals surface area (Å²) in [5.74, 6) is 0.627. The number of nitrogens with one attached hydrogen (secondary N) is 1. The highest BCUT2D eigenvalue weighted by molar-refractivity contribution is 5.67. The topological polar surface area (TPSA) is 58.6 Å². The third kappa shape index (κ3) is 4.12. The molecule has 13 heavy (non-hydrogen) atoms. The van der Waals surface area contributed by atoms with E-state index in [1.165, 1.54) is 25.7 Å². The highest BCUT2D eigenvalue weighted by Crippen LogP contribution is 2.23. The van der Waals surface area contributed by atoms with Crippen molar-refractivity contribution in [3.8, 4) is 0 Å². The zero-order chi connectivity index (χ0) is 9.52. The summed E-state index contributed by atoms with van der Waals surface area (Å²) in [5.41, 5.74) is 0. The molecule has 0 aromatic carbocycles. The molecule has 1 amide bonds. The molecular weight excluding hydrogens is 170 g/mol. The number of hydrogen-bond acceptors (Lipinski definition) is 3. The molecule has 0 bridgehead atoms. The average molecular weight is 187 g/mol. The first-order chi connectivity index (χ1) is 6.33. The largest absolute Gasteiger partial charge is 0.447 e. The van der Waals surface area contributed by atoms with E-state index in [1.807, 2.05) is 0 Å². The van der Waals surface area contributed by atoms with E-state index < -0.39 is 6.09 Å². The summed E-state index contributed by atoms with van der Waals surface area (Å²) >= 11 is 0. The molecule has 0 saturated heterocycles. The fourth-order valence-corrected chi connectivity index (χ4v) is 1.63. The second kappa shape index (κ2) is 5.80. The number of hydrogen-bond donors (Lipinski definition) is 2. The van der Waals surface area contributed by atoms with Gasteiger partial charge in [0.2, 0.25) is 0 Å². The zero-order valence-electron chi connectivity index (χ0n) is 7.79. The zero-order valence-corrected chi connectivity index (χ0v) is 7.79. The van der Waals surface area contributed by atoms with Crippen molar-refractivity contribution in [3.63, 3.8) is 0 Å². The van der Waals surface area contributed by atoms with Crippen molar-refractivity contribution in [3.05, 3.63) is 0 Å². The first-order valence-electron chi connectivity index (χ1n) is 4.84. The van der Waals surface area contributed by atoms with E-state index in [4.69, 9.17) is 5.11 Å². The van der Waals surface area contributed by atoms with Gasteiger partial charge in [0.15, 0.2) is 0 Å². The van der Waals surface area contributed by atoms with E-state index in [1.54, 1.807) is 0 Å². The van der Waals surface area contributed by atoms with Crippen LogP contribution in [0.25, 0.3) is 0 Å². The van der Waals surface area contributed by atoms with Crippen molar-refractivity contribution in [2.24, 2.45) is 5.92 Å². The molecule has 1 saturated carbocycles. The third-order valence-corrected chi connectivity index (χ3v) is 2.33. The van der Waals surface area contributed by atoms with Crippen LogP contribution in [-0.2, 0) is 4.74 Å². The van der Waals surface area contributed by atoms with Gasteiger partial charge >= 0.3 is 6.09 Å². The molecular formula is C9H17NO3. The molecule has 4 nitrogen and oxygen atoms in total.